The Hall–Kier alpha value is -5.50. The molecule has 1 N–H and O–H groups in total. The lowest BCUT2D eigenvalue weighted by Gasteiger charge is -2.29. The lowest BCUT2D eigenvalue weighted by Crippen LogP contribution is -2.45. The van der Waals surface area contributed by atoms with Crippen LogP contribution in [0.15, 0.2) is 79.3 Å². The monoisotopic (exact) mass is 702 g/mol. The van der Waals surface area contributed by atoms with Crippen molar-refractivity contribution in [3.63, 3.8) is 0 Å². The summed E-state index contributed by atoms with van der Waals surface area (Å²) in [5, 5.41) is 12.9. The number of benzene rings is 2. The van der Waals surface area contributed by atoms with Gasteiger partial charge in [0.25, 0.3) is 0 Å². The predicted molar refractivity (Wildman–Crippen MR) is 197 cm³/mol. The summed E-state index contributed by atoms with van der Waals surface area (Å²) in [6.07, 6.45) is 10.2. The van der Waals surface area contributed by atoms with Gasteiger partial charge in [-0.3, -0.25) is 24.3 Å². The predicted octanol–water partition coefficient (Wildman–Crippen LogP) is 4.43. The summed E-state index contributed by atoms with van der Waals surface area (Å²) in [4.78, 5) is 39.6. The Morgan fingerprint density at radius 3 is 2.52 bits per heavy atom. The third-order valence-electron chi connectivity index (χ3n) is 9.75. The first-order valence-corrected chi connectivity index (χ1v) is 17.3. The van der Waals surface area contributed by atoms with E-state index in [1.165, 1.54) is 5.57 Å². The van der Waals surface area contributed by atoms with E-state index in [9.17, 15) is 9.59 Å². The topological polar surface area (TPSA) is 141 Å². The van der Waals surface area contributed by atoms with E-state index >= 15 is 0 Å². The van der Waals surface area contributed by atoms with Crippen LogP contribution in [-0.4, -0.2) is 117 Å². The van der Waals surface area contributed by atoms with E-state index in [2.05, 4.69) is 43.5 Å². The Labute approximate surface area is 301 Å². The van der Waals surface area contributed by atoms with E-state index in [0.29, 0.717) is 57.5 Å². The number of aromatic nitrogens is 6. The second-order valence-electron chi connectivity index (χ2n) is 13.1. The highest BCUT2D eigenvalue weighted by atomic mass is 16.5. The standard InChI is InChI=1S/C39H42N8O5/c1-45-26-41-38(44-45)30-8-6-28(7-9-30)29-14-17-47(18-15-29)36(49)24-46-19-16-39(25-46,51-3)34(48)12-5-27-4-11-33-32(22-27)37(43-42-33)31-10-13-35(40-23-31)52-21-20-50-2/h4-14,22-23,26H,15-21,24-25H2,1-3H3,(H,42,43)/b12-5-/t39-/m0/s1. The van der Waals surface area contributed by atoms with E-state index in [4.69, 9.17) is 14.2 Å². The number of pyridine rings is 1. The number of H-pyrrole nitrogens is 1. The number of nitrogens with zero attached hydrogens (tertiary/aromatic N) is 7. The molecule has 0 spiro atoms. The van der Waals surface area contributed by atoms with Crippen molar-refractivity contribution in [3.8, 4) is 28.5 Å². The average Bonchev–Trinajstić information content (AvgIpc) is 3.93. The quantitative estimate of drug-likeness (QED) is 0.138. The van der Waals surface area contributed by atoms with Gasteiger partial charge in [-0.2, -0.15) is 10.2 Å². The summed E-state index contributed by atoms with van der Waals surface area (Å²) < 4.78 is 18.2. The fourth-order valence-electron chi connectivity index (χ4n) is 6.73. The van der Waals surface area contributed by atoms with Crippen LogP contribution in [0.4, 0.5) is 0 Å². The Morgan fingerprint density at radius 1 is 0.981 bits per heavy atom. The molecule has 3 aromatic heterocycles. The van der Waals surface area contributed by atoms with E-state index in [-0.39, 0.29) is 18.2 Å². The van der Waals surface area contributed by atoms with Crippen LogP contribution in [0.5, 0.6) is 5.88 Å². The SMILES string of the molecule is COCCOc1ccc(-c2n[nH]c3ccc(/C=C\C(=O)[C@]4(OC)CCN(CC(=O)N5CC=C(c6ccc(-c7ncn(C)n7)cc6)CC5)C4)cc23)cn1. The van der Waals surface area contributed by atoms with E-state index in [1.807, 2.05) is 53.2 Å². The van der Waals surface area contributed by atoms with Gasteiger partial charge >= 0.3 is 0 Å². The molecule has 0 aliphatic carbocycles. The fourth-order valence-corrected chi connectivity index (χ4v) is 6.73. The maximum Gasteiger partial charge on any atom is 0.237 e. The van der Waals surface area contributed by atoms with Crippen LogP contribution in [0, 0.1) is 0 Å². The lowest BCUT2D eigenvalue weighted by atomic mass is 9.96. The minimum atomic E-state index is -1.01. The molecule has 1 saturated heterocycles. The molecular weight excluding hydrogens is 660 g/mol. The summed E-state index contributed by atoms with van der Waals surface area (Å²) in [5.74, 6) is 1.14. The molecule has 7 rings (SSSR count). The third-order valence-corrected chi connectivity index (χ3v) is 9.75. The van der Waals surface area contributed by atoms with Crippen molar-refractivity contribution in [3.05, 3.63) is 90.4 Å². The maximum absolute atomic E-state index is 13.6. The molecule has 5 heterocycles. The number of fused-ring (bicyclic) bond motifs is 1. The summed E-state index contributed by atoms with van der Waals surface area (Å²) in [7, 11) is 5.04. The molecule has 1 fully saturated rings. The Kier molecular flexibility index (Phi) is 10.3. The molecule has 1 atom stereocenters. The summed E-state index contributed by atoms with van der Waals surface area (Å²) >= 11 is 0. The third kappa shape index (κ3) is 7.57. The highest BCUT2D eigenvalue weighted by Gasteiger charge is 2.44. The molecular formula is C39H42N8O5. The van der Waals surface area contributed by atoms with Crippen molar-refractivity contribution < 1.29 is 23.8 Å². The second-order valence-corrected chi connectivity index (χ2v) is 13.1. The lowest BCUT2D eigenvalue weighted by molar-refractivity contribution is -0.136. The highest BCUT2D eigenvalue weighted by molar-refractivity contribution is 6.01. The highest BCUT2D eigenvalue weighted by Crippen LogP contribution is 2.30. The van der Waals surface area contributed by atoms with Crippen molar-refractivity contribution in [2.75, 3.05) is 60.2 Å². The summed E-state index contributed by atoms with van der Waals surface area (Å²) in [5.41, 5.74) is 5.64. The molecule has 52 heavy (non-hydrogen) atoms. The minimum Gasteiger partial charge on any atom is -0.475 e. The number of ketones is 1. The van der Waals surface area contributed by atoms with E-state index in [0.717, 1.165) is 45.3 Å². The minimum absolute atomic E-state index is 0.0504. The van der Waals surface area contributed by atoms with Gasteiger partial charge in [-0.25, -0.2) is 9.97 Å². The van der Waals surface area contributed by atoms with Gasteiger partial charge in [0.2, 0.25) is 11.8 Å². The largest absolute Gasteiger partial charge is 0.475 e. The number of hydrogen-bond acceptors (Lipinski definition) is 10. The molecule has 268 valence electrons. The van der Waals surface area contributed by atoms with Gasteiger partial charge in [0.05, 0.1) is 18.7 Å². The van der Waals surface area contributed by atoms with E-state index < -0.39 is 5.60 Å². The van der Waals surface area contributed by atoms with Crippen molar-refractivity contribution in [1.82, 2.24) is 39.7 Å². The number of carbonyl (C=O) groups is 2. The Bertz CT molecular complexity index is 2100. The number of aryl methyl sites for hydroxylation is 1. The maximum atomic E-state index is 13.6. The van der Waals surface area contributed by atoms with Gasteiger partial charge < -0.3 is 19.1 Å². The van der Waals surface area contributed by atoms with Gasteiger partial charge in [-0.05, 0) is 53.8 Å². The zero-order valence-electron chi connectivity index (χ0n) is 29.6. The van der Waals surface area contributed by atoms with Crippen LogP contribution in [-0.2, 0) is 26.1 Å². The number of methoxy groups -OCH3 is 2. The van der Waals surface area contributed by atoms with Gasteiger partial charge in [-0.1, -0.05) is 42.5 Å². The van der Waals surface area contributed by atoms with Crippen LogP contribution in [0.2, 0.25) is 0 Å². The van der Waals surface area contributed by atoms with Gasteiger partial charge in [-0.15, -0.1) is 0 Å². The van der Waals surface area contributed by atoms with Crippen LogP contribution in [0.3, 0.4) is 0 Å². The number of amides is 1. The van der Waals surface area contributed by atoms with Crippen LogP contribution in [0.25, 0.3) is 45.2 Å². The van der Waals surface area contributed by atoms with Crippen molar-refractivity contribution >= 4 is 34.2 Å². The molecule has 0 bridgehead atoms. The number of likely N-dealkylation sites (tertiary alicyclic amines) is 1. The zero-order chi connectivity index (χ0) is 36.1. The van der Waals surface area contributed by atoms with Crippen LogP contribution >= 0.6 is 0 Å². The van der Waals surface area contributed by atoms with Crippen molar-refractivity contribution in [2.45, 2.75) is 18.4 Å². The van der Waals surface area contributed by atoms with Crippen molar-refractivity contribution in [1.29, 1.82) is 0 Å². The smallest absolute Gasteiger partial charge is 0.237 e. The molecule has 13 nitrogen and oxygen atoms in total. The molecule has 1 amide bonds. The average molecular weight is 703 g/mol. The number of nitrogens with one attached hydrogen (secondary N) is 1. The molecule has 2 aliphatic rings. The summed E-state index contributed by atoms with van der Waals surface area (Å²) in [6, 6.07) is 17.8. The van der Waals surface area contributed by atoms with E-state index in [1.54, 1.807) is 49.6 Å². The Balaban J connectivity index is 0.943. The number of hydrogen-bond donors (Lipinski definition) is 1. The number of ether oxygens (including phenoxy) is 3. The molecule has 2 aromatic carbocycles. The first-order chi connectivity index (χ1) is 25.3. The number of carbonyl (C=O) groups excluding carboxylic acids is 2. The second kappa shape index (κ2) is 15.4. The van der Waals surface area contributed by atoms with Gasteiger partial charge in [0, 0.05) is 76.2 Å². The van der Waals surface area contributed by atoms with Crippen LogP contribution in [0.1, 0.15) is 24.0 Å². The van der Waals surface area contributed by atoms with Crippen LogP contribution < -0.4 is 4.74 Å². The first kappa shape index (κ1) is 34.9. The molecule has 0 saturated carbocycles. The van der Waals surface area contributed by atoms with Gasteiger partial charge in [0.1, 0.15) is 24.2 Å². The molecule has 0 unspecified atom stereocenters. The zero-order valence-corrected chi connectivity index (χ0v) is 29.6. The fraction of sp³-hybridized carbons (Fsp3) is 0.333. The number of aromatic amines is 1. The van der Waals surface area contributed by atoms with Crippen molar-refractivity contribution in [2.24, 2.45) is 7.05 Å². The molecule has 5 aromatic rings. The Morgan fingerprint density at radius 2 is 1.81 bits per heavy atom. The molecule has 2 aliphatic heterocycles. The molecule has 13 heteroatoms. The molecule has 0 radical (unpaired) electrons. The summed E-state index contributed by atoms with van der Waals surface area (Å²) in [6.45, 7) is 3.30. The van der Waals surface area contributed by atoms with Gasteiger partial charge in [0.15, 0.2) is 11.6 Å². The number of rotatable bonds is 13. The normalized spacial score (nSPS) is 18.0. The first-order valence-electron chi connectivity index (χ1n) is 17.3.